The van der Waals surface area contributed by atoms with Crippen molar-refractivity contribution in [3.05, 3.63) is 35.4 Å². The second-order valence-electron chi connectivity index (χ2n) is 6.66. The molecule has 1 aromatic carbocycles. The average molecular weight is 301 g/mol. The molecular formula is C18H27N3O. The summed E-state index contributed by atoms with van der Waals surface area (Å²) >= 11 is 0. The molecule has 120 valence electrons. The lowest BCUT2D eigenvalue weighted by Gasteiger charge is -2.30. The molecule has 3 rings (SSSR count). The number of benzene rings is 1. The van der Waals surface area contributed by atoms with Gasteiger partial charge in [0.2, 0.25) is 5.91 Å². The summed E-state index contributed by atoms with van der Waals surface area (Å²) in [6.45, 7) is 6.93. The molecule has 2 aliphatic rings. The van der Waals surface area contributed by atoms with E-state index in [9.17, 15) is 4.79 Å². The second-order valence-corrected chi connectivity index (χ2v) is 6.66. The van der Waals surface area contributed by atoms with Crippen LogP contribution in [0.3, 0.4) is 0 Å². The van der Waals surface area contributed by atoms with Crippen LogP contribution in [0.2, 0.25) is 0 Å². The van der Waals surface area contributed by atoms with E-state index in [-0.39, 0.29) is 11.8 Å². The van der Waals surface area contributed by atoms with Crippen molar-refractivity contribution in [2.75, 3.05) is 26.2 Å². The highest BCUT2D eigenvalue weighted by atomic mass is 16.1. The van der Waals surface area contributed by atoms with E-state index >= 15 is 0 Å². The lowest BCUT2D eigenvalue weighted by Crippen LogP contribution is -2.44. The van der Waals surface area contributed by atoms with Gasteiger partial charge >= 0.3 is 0 Å². The fraction of sp³-hybridized carbons (Fsp3) is 0.611. The van der Waals surface area contributed by atoms with Gasteiger partial charge in [-0.2, -0.15) is 0 Å². The van der Waals surface area contributed by atoms with Crippen molar-refractivity contribution in [2.45, 2.75) is 38.8 Å². The van der Waals surface area contributed by atoms with Crippen LogP contribution in [0.15, 0.2) is 24.3 Å². The molecule has 1 aromatic rings. The monoisotopic (exact) mass is 301 g/mol. The van der Waals surface area contributed by atoms with Gasteiger partial charge in [-0.15, -0.1) is 0 Å². The third-order valence-electron chi connectivity index (χ3n) is 4.93. The Kier molecular flexibility index (Phi) is 5.11. The molecule has 1 amide bonds. The number of rotatable bonds is 4. The first-order valence-electron chi connectivity index (χ1n) is 8.52. The summed E-state index contributed by atoms with van der Waals surface area (Å²) in [6, 6.07) is 9.14. The van der Waals surface area contributed by atoms with E-state index in [0.717, 1.165) is 52.0 Å². The van der Waals surface area contributed by atoms with Gasteiger partial charge < -0.3 is 10.6 Å². The first-order chi connectivity index (χ1) is 10.7. The molecule has 0 aromatic heterocycles. The molecule has 0 bridgehead atoms. The van der Waals surface area contributed by atoms with Crippen molar-refractivity contribution in [3.8, 4) is 0 Å². The van der Waals surface area contributed by atoms with Crippen LogP contribution in [0.1, 0.15) is 30.9 Å². The first kappa shape index (κ1) is 15.5. The number of carbonyl (C=O) groups excluding carboxylic acids is 1. The zero-order chi connectivity index (χ0) is 15.4. The highest BCUT2D eigenvalue weighted by molar-refractivity contribution is 5.78. The topological polar surface area (TPSA) is 44.4 Å². The molecule has 0 spiro atoms. The van der Waals surface area contributed by atoms with Crippen molar-refractivity contribution >= 4 is 5.91 Å². The van der Waals surface area contributed by atoms with Gasteiger partial charge in [-0.05, 0) is 43.9 Å². The minimum absolute atomic E-state index is 0.193. The van der Waals surface area contributed by atoms with Crippen LogP contribution in [0.25, 0.3) is 0 Å². The number of piperidine rings is 1. The summed E-state index contributed by atoms with van der Waals surface area (Å²) in [5.74, 6) is 0.434. The van der Waals surface area contributed by atoms with Gasteiger partial charge in [-0.3, -0.25) is 9.69 Å². The Morgan fingerprint density at radius 3 is 3.00 bits per heavy atom. The maximum absolute atomic E-state index is 12.2. The predicted octanol–water partition coefficient (Wildman–Crippen LogP) is 1.55. The molecular weight excluding hydrogens is 274 g/mol. The van der Waals surface area contributed by atoms with Gasteiger partial charge in [0.05, 0.1) is 0 Å². The summed E-state index contributed by atoms with van der Waals surface area (Å²) in [5, 5.41) is 6.53. The van der Waals surface area contributed by atoms with E-state index in [2.05, 4.69) is 46.7 Å². The molecule has 0 radical (unpaired) electrons. The lowest BCUT2D eigenvalue weighted by molar-refractivity contribution is -0.126. The van der Waals surface area contributed by atoms with Gasteiger partial charge in [0.15, 0.2) is 0 Å². The van der Waals surface area contributed by atoms with Crippen molar-refractivity contribution < 1.29 is 4.79 Å². The van der Waals surface area contributed by atoms with E-state index in [1.54, 1.807) is 0 Å². The number of hydrogen-bond acceptors (Lipinski definition) is 3. The Balaban J connectivity index is 1.41. The standard InChI is InChI=1S/C18H27N3O/c1-14-12-16(6-8-19-14)18(22)20-9-11-21-10-7-15-4-2-3-5-17(15)13-21/h2-5,14,16,19H,6-13H2,1H3,(H,20,22)/t14-,16-/m0/s1. The molecule has 22 heavy (non-hydrogen) atoms. The SMILES string of the molecule is C[C@H]1C[C@@H](C(=O)NCCN2CCc3ccccc3C2)CCN1. The normalized spacial score (nSPS) is 25.5. The van der Waals surface area contributed by atoms with Crippen LogP contribution in [0.5, 0.6) is 0 Å². The van der Waals surface area contributed by atoms with E-state index in [4.69, 9.17) is 0 Å². The molecule has 1 fully saturated rings. The average Bonchev–Trinajstić information content (AvgIpc) is 2.54. The summed E-state index contributed by atoms with van der Waals surface area (Å²) in [5.41, 5.74) is 2.92. The molecule has 0 saturated carbocycles. The summed E-state index contributed by atoms with van der Waals surface area (Å²) in [7, 11) is 0. The number of hydrogen-bond donors (Lipinski definition) is 2. The van der Waals surface area contributed by atoms with Gasteiger partial charge in [0.1, 0.15) is 0 Å². The zero-order valence-electron chi connectivity index (χ0n) is 13.5. The molecule has 2 heterocycles. The second kappa shape index (κ2) is 7.25. The van der Waals surface area contributed by atoms with Crippen LogP contribution >= 0.6 is 0 Å². The lowest BCUT2D eigenvalue weighted by atomic mass is 9.92. The zero-order valence-corrected chi connectivity index (χ0v) is 13.5. The maximum atomic E-state index is 12.2. The summed E-state index contributed by atoms with van der Waals surface area (Å²) in [6.07, 6.45) is 3.05. The third-order valence-corrected chi connectivity index (χ3v) is 4.93. The number of nitrogens with zero attached hydrogens (tertiary/aromatic N) is 1. The van der Waals surface area contributed by atoms with Crippen LogP contribution < -0.4 is 10.6 Å². The maximum Gasteiger partial charge on any atom is 0.223 e. The van der Waals surface area contributed by atoms with Gasteiger partial charge in [-0.1, -0.05) is 24.3 Å². The highest BCUT2D eigenvalue weighted by Crippen LogP contribution is 2.18. The van der Waals surface area contributed by atoms with E-state index < -0.39 is 0 Å². The quantitative estimate of drug-likeness (QED) is 0.887. The smallest absolute Gasteiger partial charge is 0.223 e. The third kappa shape index (κ3) is 3.87. The molecule has 2 atom stereocenters. The van der Waals surface area contributed by atoms with Gasteiger partial charge in [0, 0.05) is 38.1 Å². The van der Waals surface area contributed by atoms with E-state index in [0.29, 0.717) is 6.04 Å². The summed E-state index contributed by atoms with van der Waals surface area (Å²) < 4.78 is 0. The van der Waals surface area contributed by atoms with Crippen molar-refractivity contribution in [2.24, 2.45) is 5.92 Å². The summed E-state index contributed by atoms with van der Waals surface area (Å²) in [4.78, 5) is 14.7. The minimum atomic E-state index is 0.193. The number of fused-ring (bicyclic) bond motifs is 1. The van der Waals surface area contributed by atoms with Crippen LogP contribution in [-0.2, 0) is 17.8 Å². The minimum Gasteiger partial charge on any atom is -0.355 e. The molecule has 2 N–H and O–H groups in total. The Hall–Kier alpha value is -1.39. The molecule has 2 aliphatic heterocycles. The number of amides is 1. The number of carbonyl (C=O) groups is 1. The molecule has 0 unspecified atom stereocenters. The Bertz CT molecular complexity index is 517. The first-order valence-corrected chi connectivity index (χ1v) is 8.52. The Morgan fingerprint density at radius 2 is 2.18 bits per heavy atom. The fourth-order valence-electron chi connectivity index (χ4n) is 3.60. The predicted molar refractivity (Wildman–Crippen MR) is 88.6 cm³/mol. The highest BCUT2D eigenvalue weighted by Gasteiger charge is 2.24. The van der Waals surface area contributed by atoms with Crippen molar-refractivity contribution in [3.63, 3.8) is 0 Å². The van der Waals surface area contributed by atoms with Crippen LogP contribution in [0, 0.1) is 5.92 Å². The largest absolute Gasteiger partial charge is 0.355 e. The Labute approximate surface area is 133 Å². The molecule has 0 aliphatic carbocycles. The number of nitrogens with one attached hydrogen (secondary N) is 2. The fourth-order valence-corrected chi connectivity index (χ4v) is 3.60. The van der Waals surface area contributed by atoms with Gasteiger partial charge in [-0.25, -0.2) is 0 Å². The Morgan fingerprint density at radius 1 is 1.36 bits per heavy atom. The van der Waals surface area contributed by atoms with E-state index in [1.165, 1.54) is 11.1 Å². The van der Waals surface area contributed by atoms with Crippen molar-refractivity contribution in [1.29, 1.82) is 0 Å². The van der Waals surface area contributed by atoms with Crippen LogP contribution in [0.4, 0.5) is 0 Å². The molecule has 1 saturated heterocycles. The van der Waals surface area contributed by atoms with E-state index in [1.807, 2.05) is 0 Å². The molecule has 4 nitrogen and oxygen atoms in total. The molecule has 4 heteroatoms. The van der Waals surface area contributed by atoms with Crippen molar-refractivity contribution in [1.82, 2.24) is 15.5 Å². The van der Waals surface area contributed by atoms with Crippen LogP contribution in [-0.4, -0.2) is 43.0 Å². The van der Waals surface area contributed by atoms with Gasteiger partial charge in [0.25, 0.3) is 0 Å².